The number of ether oxygens (including phenoxy) is 1. The van der Waals surface area contributed by atoms with Crippen LogP contribution in [0.3, 0.4) is 0 Å². The van der Waals surface area contributed by atoms with E-state index in [1.165, 1.54) is 5.56 Å². The Bertz CT molecular complexity index is 1260. The summed E-state index contributed by atoms with van der Waals surface area (Å²) in [6.07, 6.45) is 0.930. The fourth-order valence-electron chi connectivity index (χ4n) is 3.28. The lowest BCUT2D eigenvalue weighted by molar-refractivity contribution is -0.118. The second kappa shape index (κ2) is 8.82. The van der Waals surface area contributed by atoms with Gasteiger partial charge in [-0.2, -0.15) is 0 Å². The van der Waals surface area contributed by atoms with Crippen molar-refractivity contribution in [2.24, 2.45) is 0 Å². The zero-order valence-electron chi connectivity index (χ0n) is 17.7. The number of aryl methyl sites for hydroxylation is 2. The van der Waals surface area contributed by atoms with E-state index in [4.69, 9.17) is 20.8 Å². The lowest BCUT2D eigenvalue weighted by Crippen LogP contribution is -2.20. The Hall–Kier alpha value is -3.31. The summed E-state index contributed by atoms with van der Waals surface area (Å²) < 4.78 is 11.6. The minimum absolute atomic E-state index is 0.118. The minimum Gasteiger partial charge on any atom is -0.483 e. The van der Waals surface area contributed by atoms with E-state index >= 15 is 0 Å². The summed E-state index contributed by atoms with van der Waals surface area (Å²) in [6.45, 7) is 5.95. The molecule has 158 valence electrons. The molecule has 4 rings (SSSR count). The Balaban J connectivity index is 1.51. The minimum atomic E-state index is -0.301. The summed E-state index contributed by atoms with van der Waals surface area (Å²) in [4.78, 5) is 17.0. The zero-order valence-corrected chi connectivity index (χ0v) is 18.4. The van der Waals surface area contributed by atoms with E-state index in [1.54, 1.807) is 12.1 Å². The Morgan fingerprint density at radius 1 is 1.13 bits per heavy atom. The van der Waals surface area contributed by atoms with Gasteiger partial charge < -0.3 is 14.5 Å². The molecule has 31 heavy (non-hydrogen) atoms. The van der Waals surface area contributed by atoms with Crippen molar-refractivity contribution >= 4 is 34.3 Å². The van der Waals surface area contributed by atoms with Crippen LogP contribution in [0.1, 0.15) is 23.6 Å². The van der Waals surface area contributed by atoms with E-state index in [0.29, 0.717) is 22.4 Å². The van der Waals surface area contributed by atoms with Gasteiger partial charge in [0.15, 0.2) is 12.2 Å². The number of halogens is 1. The van der Waals surface area contributed by atoms with Crippen LogP contribution in [0, 0.1) is 13.8 Å². The number of nitrogens with zero attached hydrogens (tertiary/aromatic N) is 1. The van der Waals surface area contributed by atoms with E-state index in [-0.39, 0.29) is 12.5 Å². The van der Waals surface area contributed by atoms with Crippen LogP contribution in [0.4, 0.5) is 5.69 Å². The van der Waals surface area contributed by atoms with Gasteiger partial charge in [-0.25, -0.2) is 4.98 Å². The Morgan fingerprint density at radius 3 is 2.77 bits per heavy atom. The third kappa shape index (κ3) is 4.57. The molecule has 0 saturated heterocycles. The first-order valence-corrected chi connectivity index (χ1v) is 10.5. The molecular weight excluding hydrogens is 412 g/mol. The SMILES string of the molecule is CCc1ccc2oc(-c3ccc(Cl)c(NC(=O)COc4cccc(C)c4C)c3)nc2c1. The molecule has 0 aliphatic heterocycles. The van der Waals surface area contributed by atoms with Gasteiger partial charge in [-0.3, -0.25) is 4.79 Å². The molecule has 1 N–H and O–H groups in total. The molecule has 0 unspecified atom stereocenters. The van der Waals surface area contributed by atoms with Gasteiger partial charge in [-0.05, 0) is 73.4 Å². The van der Waals surface area contributed by atoms with E-state index in [9.17, 15) is 4.79 Å². The monoisotopic (exact) mass is 434 g/mol. The number of rotatable bonds is 6. The first-order chi connectivity index (χ1) is 14.9. The largest absolute Gasteiger partial charge is 0.483 e. The number of nitrogens with one attached hydrogen (secondary N) is 1. The van der Waals surface area contributed by atoms with E-state index in [0.717, 1.165) is 34.2 Å². The molecule has 0 spiro atoms. The third-order valence-electron chi connectivity index (χ3n) is 5.26. The number of anilines is 1. The number of hydrogen-bond acceptors (Lipinski definition) is 4. The van der Waals surface area contributed by atoms with Crippen LogP contribution in [0.15, 0.2) is 59.0 Å². The summed E-state index contributed by atoms with van der Waals surface area (Å²) in [6, 6.07) is 17.0. The summed E-state index contributed by atoms with van der Waals surface area (Å²) in [7, 11) is 0. The number of oxazole rings is 1. The number of carbonyl (C=O) groups excluding carboxylic acids is 1. The highest BCUT2D eigenvalue weighted by Gasteiger charge is 2.13. The molecule has 0 saturated carbocycles. The van der Waals surface area contributed by atoms with Gasteiger partial charge in [0.2, 0.25) is 5.89 Å². The van der Waals surface area contributed by atoms with Gasteiger partial charge in [0.05, 0.1) is 10.7 Å². The fraction of sp³-hybridized carbons (Fsp3) is 0.200. The van der Waals surface area contributed by atoms with Crippen molar-refractivity contribution in [1.29, 1.82) is 0 Å². The predicted octanol–water partition coefficient (Wildman–Crippen LogP) is 6.34. The summed E-state index contributed by atoms with van der Waals surface area (Å²) in [5.41, 5.74) is 6.04. The highest BCUT2D eigenvalue weighted by atomic mass is 35.5. The zero-order chi connectivity index (χ0) is 22.0. The molecule has 3 aromatic carbocycles. The number of fused-ring (bicyclic) bond motifs is 1. The predicted molar refractivity (Wildman–Crippen MR) is 124 cm³/mol. The van der Waals surface area contributed by atoms with E-state index < -0.39 is 0 Å². The lowest BCUT2D eigenvalue weighted by Gasteiger charge is -2.12. The maximum atomic E-state index is 12.5. The van der Waals surface area contributed by atoms with Crippen molar-refractivity contribution < 1.29 is 13.9 Å². The molecule has 1 aromatic heterocycles. The van der Waals surface area contributed by atoms with Crippen LogP contribution in [-0.2, 0) is 11.2 Å². The normalized spacial score (nSPS) is 11.0. The van der Waals surface area contributed by atoms with Crippen molar-refractivity contribution in [2.75, 3.05) is 11.9 Å². The molecule has 0 bridgehead atoms. The number of benzene rings is 3. The van der Waals surface area contributed by atoms with Crippen LogP contribution in [-0.4, -0.2) is 17.5 Å². The summed E-state index contributed by atoms with van der Waals surface area (Å²) in [5.74, 6) is 0.861. The molecule has 0 radical (unpaired) electrons. The van der Waals surface area contributed by atoms with Crippen molar-refractivity contribution in [3.63, 3.8) is 0 Å². The van der Waals surface area contributed by atoms with Crippen molar-refractivity contribution in [2.45, 2.75) is 27.2 Å². The maximum absolute atomic E-state index is 12.5. The van der Waals surface area contributed by atoms with Crippen molar-refractivity contribution in [3.05, 3.63) is 76.3 Å². The van der Waals surface area contributed by atoms with Gasteiger partial charge >= 0.3 is 0 Å². The molecule has 1 amide bonds. The van der Waals surface area contributed by atoms with Crippen molar-refractivity contribution in [1.82, 2.24) is 4.98 Å². The lowest BCUT2D eigenvalue weighted by atomic mass is 10.1. The van der Waals surface area contributed by atoms with Gasteiger partial charge in [0.1, 0.15) is 11.3 Å². The highest BCUT2D eigenvalue weighted by molar-refractivity contribution is 6.33. The van der Waals surface area contributed by atoms with Gasteiger partial charge in [-0.15, -0.1) is 0 Å². The summed E-state index contributed by atoms with van der Waals surface area (Å²) >= 11 is 6.30. The average Bonchev–Trinajstić information content (AvgIpc) is 3.19. The molecular formula is C25H23ClN2O3. The molecule has 0 fully saturated rings. The van der Waals surface area contributed by atoms with Crippen LogP contribution >= 0.6 is 11.6 Å². The van der Waals surface area contributed by atoms with Gasteiger partial charge in [0.25, 0.3) is 5.91 Å². The number of amides is 1. The third-order valence-corrected chi connectivity index (χ3v) is 5.59. The Kier molecular flexibility index (Phi) is 5.96. The molecule has 0 aliphatic carbocycles. The van der Waals surface area contributed by atoms with Crippen LogP contribution in [0.2, 0.25) is 5.02 Å². The number of carbonyl (C=O) groups is 1. The molecule has 4 aromatic rings. The second-order valence-electron chi connectivity index (χ2n) is 7.40. The van der Waals surface area contributed by atoms with Crippen LogP contribution in [0.5, 0.6) is 5.75 Å². The van der Waals surface area contributed by atoms with Gasteiger partial charge in [0, 0.05) is 5.56 Å². The molecule has 1 heterocycles. The molecule has 0 atom stereocenters. The second-order valence-corrected chi connectivity index (χ2v) is 7.81. The van der Waals surface area contributed by atoms with E-state index in [1.807, 2.05) is 56.3 Å². The quantitative estimate of drug-likeness (QED) is 0.384. The Morgan fingerprint density at radius 2 is 1.97 bits per heavy atom. The van der Waals surface area contributed by atoms with E-state index in [2.05, 4.69) is 17.2 Å². The topological polar surface area (TPSA) is 64.4 Å². The smallest absolute Gasteiger partial charge is 0.262 e. The molecule has 5 nitrogen and oxygen atoms in total. The first kappa shape index (κ1) is 20.9. The summed E-state index contributed by atoms with van der Waals surface area (Å²) in [5, 5.41) is 3.24. The standard InChI is InChI=1S/C25H23ClN2O3/c1-4-17-8-11-23-21(12-17)28-25(31-23)18-9-10-19(26)20(13-18)27-24(29)14-30-22-7-5-6-15(2)16(22)3/h5-13H,4,14H2,1-3H3,(H,27,29). The van der Waals surface area contributed by atoms with Crippen LogP contribution in [0.25, 0.3) is 22.6 Å². The van der Waals surface area contributed by atoms with Crippen LogP contribution < -0.4 is 10.1 Å². The molecule has 0 aliphatic rings. The maximum Gasteiger partial charge on any atom is 0.262 e. The average molecular weight is 435 g/mol. The first-order valence-electron chi connectivity index (χ1n) is 10.1. The van der Waals surface area contributed by atoms with Gasteiger partial charge in [-0.1, -0.05) is 36.7 Å². The molecule has 6 heteroatoms. The fourth-order valence-corrected chi connectivity index (χ4v) is 3.45. The van der Waals surface area contributed by atoms with Crippen molar-refractivity contribution in [3.8, 4) is 17.2 Å². The Labute approximate surface area is 186 Å². The number of aromatic nitrogens is 1. The number of hydrogen-bond donors (Lipinski definition) is 1. The highest BCUT2D eigenvalue weighted by Crippen LogP contribution is 2.31.